The van der Waals surface area contributed by atoms with Gasteiger partial charge < -0.3 is 15.5 Å². The van der Waals surface area contributed by atoms with E-state index in [-0.39, 0.29) is 29.2 Å². The van der Waals surface area contributed by atoms with Crippen LogP contribution in [0.2, 0.25) is 0 Å². The van der Waals surface area contributed by atoms with E-state index in [9.17, 15) is 14.0 Å². The molecule has 0 aromatic heterocycles. The number of hydrogen-bond acceptors (Lipinski definition) is 3. The van der Waals surface area contributed by atoms with Crippen molar-refractivity contribution in [1.82, 2.24) is 15.5 Å². The summed E-state index contributed by atoms with van der Waals surface area (Å²) in [4.78, 5) is 26.4. The maximum Gasteiger partial charge on any atom is 0.223 e. The summed E-state index contributed by atoms with van der Waals surface area (Å²) < 4.78 is 13.0. The Kier molecular flexibility index (Phi) is 5.91. The van der Waals surface area contributed by atoms with Crippen molar-refractivity contribution < 1.29 is 14.0 Å². The lowest BCUT2D eigenvalue weighted by Gasteiger charge is -2.41. The molecule has 2 aliphatic rings. The second kappa shape index (κ2) is 8.16. The number of benzene rings is 1. The zero-order valence-electron chi connectivity index (χ0n) is 15.4. The van der Waals surface area contributed by atoms with Gasteiger partial charge in [0.15, 0.2) is 0 Å². The lowest BCUT2D eigenvalue weighted by atomic mass is 9.84. The monoisotopic (exact) mass is 361 g/mol. The van der Waals surface area contributed by atoms with Gasteiger partial charge in [0.1, 0.15) is 5.82 Å². The van der Waals surface area contributed by atoms with E-state index in [4.69, 9.17) is 0 Å². The summed E-state index contributed by atoms with van der Waals surface area (Å²) >= 11 is 0. The number of amides is 2. The third-order valence-electron chi connectivity index (χ3n) is 5.61. The Hall–Kier alpha value is -1.95. The smallest absolute Gasteiger partial charge is 0.223 e. The molecule has 0 saturated carbocycles. The minimum Gasteiger partial charge on any atom is -0.352 e. The Morgan fingerprint density at radius 1 is 1.27 bits per heavy atom. The average Bonchev–Trinajstić information content (AvgIpc) is 2.94. The van der Waals surface area contributed by atoms with Gasteiger partial charge in [-0.15, -0.1) is 0 Å². The molecule has 0 aliphatic carbocycles. The van der Waals surface area contributed by atoms with E-state index in [2.05, 4.69) is 10.6 Å². The maximum absolute atomic E-state index is 13.0. The minimum absolute atomic E-state index is 0.0373. The van der Waals surface area contributed by atoms with Crippen LogP contribution in [0, 0.1) is 5.82 Å². The lowest BCUT2D eigenvalue weighted by molar-refractivity contribution is -0.136. The number of carbonyl (C=O) groups excluding carboxylic acids is 2. The molecule has 1 spiro atoms. The van der Waals surface area contributed by atoms with Crippen molar-refractivity contribution in [2.45, 2.75) is 57.0 Å². The molecule has 2 heterocycles. The summed E-state index contributed by atoms with van der Waals surface area (Å²) in [6.45, 7) is 3.95. The molecular weight excluding hydrogens is 333 g/mol. The van der Waals surface area contributed by atoms with Crippen molar-refractivity contribution in [2.24, 2.45) is 0 Å². The first-order chi connectivity index (χ1) is 12.5. The van der Waals surface area contributed by atoms with Crippen LogP contribution in [0.15, 0.2) is 24.3 Å². The topological polar surface area (TPSA) is 61.4 Å². The van der Waals surface area contributed by atoms with Crippen LogP contribution in [0.5, 0.6) is 0 Å². The summed E-state index contributed by atoms with van der Waals surface area (Å²) in [7, 11) is 0. The molecule has 2 N–H and O–H groups in total. The van der Waals surface area contributed by atoms with E-state index in [1.807, 2.05) is 4.90 Å². The fourth-order valence-electron chi connectivity index (χ4n) is 4.39. The van der Waals surface area contributed by atoms with Crippen LogP contribution in [-0.4, -0.2) is 47.9 Å². The molecule has 1 atom stereocenters. The zero-order valence-corrected chi connectivity index (χ0v) is 15.4. The Morgan fingerprint density at radius 2 is 1.96 bits per heavy atom. The van der Waals surface area contributed by atoms with Crippen LogP contribution in [0.1, 0.15) is 44.6 Å². The van der Waals surface area contributed by atoms with Crippen LogP contribution in [0.4, 0.5) is 4.39 Å². The minimum atomic E-state index is -0.237. The van der Waals surface area contributed by atoms with Gasteiger partial charge in [-0.05, 0) is 62.9 Å². The van der Waals surface area contributed by atoms with Gasteiger partial charge in [-0.25, -0.2) is 4.39 Å². The molecule has 1 aromatic carbocycles. The fourth-order valence-corrected chi connectivity index (χ4v) is 4.39. The van der Waals surface area contributed by atoms with E-state index in [0.29, 0.717) is 13.0 Å². The summed E-state index contributed by atoms with van der Waals surface area (Å²) in [6.07, 6.45) is 4.72. The molecule has 2 aliphatic heterocycles. The number of nitrogens with zero attached hydrogens (tertiary/aromatic N) is 1. The molecule has 2 amide bonds. The summed E-state index contributed by atoms with van der Waals surface area (Å²) in [6, 6.07) is 6.51. The SMILES string of the molecule is CC(=O)N[C@@H]1CN(C(=O)CCCc2ccc(F)cc2)C2(CCNCC2)C1. The van der Waals surface area contributed by atoms with E-state index in [1.54, 1.807) is 12.1 Å². The Morgan fingerprint density at radius 3 is 2.62 bits per heavy atom. The number of halogens is 1. The van der Waals surface area contributed by atoms with Gasteiger partial charge in [-0.1, -0.05) is 12.1 Å². The van der Waals surface area contributed by atoms with Crippen molar-refractivity contribution in [1.29, 1.82) is 0 Å². The third kappa shape index (κ3) is 4.41. The molecular formula is C20H28FN3O2. The van der Waals surface area contributed by atoms with Gasteiger partial charge in [-0.3, -0.25) is 9.59 Å². The van der Waals surface area contributed by atoms with Gasteiger partial charge in [0.2, 0.25) is 11.8 Å². The number of aryl methyl sites for hydroxylation is 1. The van der Waals surface area contributed by atoms with Crippen molar-refractivity contribution >= 4 is 11.8 Å². The second-order valence-corrected chi connectivity index (χ2v) is 7.56. The number of piperidine rings is 1. The third-order valence-corrected chi connectivity index (χ3v) is 5.61. The Labute approximate surface area is 154 Å². The number of hydrogen-bond donors (Lipinski definition) is 2. The molecule has 2 saturated heterocycles. The van der Waals surface area contributed by atoms with Crippen molar-refractivity contribution in [3.63, 3.8) is 0 Å². The van der Waals surface area contributed by atoms with Crippen molar-refractivity contribution in [3.05, 3.63) is 35.6 Å². The molecule has 3 rings (SSSR count). The highest BCUT2D eigenvalue weighted by Gasteiger charge is 2.48. The molecule has 0 bridgehead atoms. The van der Waals surface area contributed by atoms with Crippen LogP contribution in [0.3, 0.4) is 0 Å². The van der Waals surface area contributed by atoms with E-state index < -0.39 is 0 Å². The normalized spacial score (nSPS) is 21.8. The number of likely N-dealkylation sites (tertiary alicyclic amines) is 1. The molecule has 0 unspecified atom stereocenters. The summed E-state index contributed by atoms with van der Waals surface area (Å²) in [5.41, 5.74) is 0.930. The highest BCUT2D eigenvalue weighted by molar-refractivity contribution is 5.78. The van der Waals surface area contributed by atoms with Crippen LogP contribution >= 0.6 is 0 Å². The van der Waals surface area contributed by atoms with E-state index in [0.717, 1.165) is 50.8 Å². The van der Waals surface area contributed by atoms with Gasteiger partial charge in [0.05, 0.1) is 0 Å². The first-order valence-electron chi connectivity index (χ1n) is 9.51. The van der Waals surface area contributed by atoms with E-state index >= 15 is 0 Å². The van der Waals surface area contributed by atoms with Gasteiger partial charge >= 0.3 is 0 Å². The molecule has 6 heteroatoms. The maximum atomic E-state index is 13.0. The predicted molar refractivity (Wildman–Crippen MR) is 98.1 cm³/mol. The van der Waals surface area contributed by atoms with Crippen molar-refractivity contribution in [3.8, 4) is 0 Å². The predicted octanol–water partition coefficient (Wildman–Crippen LogP) is 2.01. The van der Waals surface area contributed by atoms with Gasteiger partial charge in [0, 0.05) is 31.5 Å². The summed E-state index contributed by atoms with van der Waals surface area (Å²) in [5, 5.41) is 6.36. The van der Waals surface area contributed by atoms with Crippen LogP contribution < -0.4 is 10.6 Å². The quantitative estimate of drug-likeness (QED) is 0.843. The highest BCUT2D eigenvalue weighted by Crippen LogP contribution is 2.37. The fraction of sp³-hybridized carbons (Fsp3) is 0.600. The molecule has 26 heavy (non-hydrogen) atoms. The van der Waals surface area contributed by atoms with E-state index in [1.165, 1.54) is 19.1 Å². The molecule has 0 radical (unpaired) electrons. The molecule has 142 valence electrons. The van der Waals surface area contributed by atoms with Crippen molar-refractivity contribution in [2.75, 3.05) is 19.6 Å². The average molecular weight is 361 g/mol. The Bertz CT molecular complexity index is 641. The second-order valence-electron chi connectivity index (χ2n) is 7.56. The molecule has 1 aromatic rings. The lowest BCUT2D eigenvalue weighted by Crippen LogP contribution is -2.53. The zero-order chi connectivity index (χ0) is 18.6. The highest BCUT2D eigenvalue weighted by atomic mass is 19.1. The van der Waals surface area contributed by atoms with Crippen LogP contribution in [0.25, 0.3) is 0 Å². The van der Waals surface area contributed by atoms with Gasteiger partial charge in [0.25, 0.3) is 0 Å². The number of carbonyl (C=O) groups is 2. The standard InChI is InChI=1S/C20H28FN3O2/c1-15(25)23-18-13-20(9-11-22-12-10-20)24(14-18)19(26)4-2-3-16-5-7-17(21)8-6-16/h5-8,18,22H,2-4,9-14H2,1H3,(H,23,25)/t18-/m0/s1. The van der Waals surface area contributed by atoms with Crippen LogP contribution in [-0.2, 0) is 16.0 Å². The molecule has 5 nitrogen and oxygen atoms in total. The first kappa shape index (κ1) is 18.8. The number of nitrogens with one attached hydrogen (secondary N) is 2. The Balaban J connectivity index is 1.59. The van der Waals surface area contributed by atoms with Gasteiger partial charge in [-0.2, -0.15) is 0 Å². The molecule has 2 fully saturated rings. The largest absolute Gasteiger partial charge is 0.352 e. The summed E-state index contributed by atoms with van der Waals surface area (Å²) in [5.74, 6) is -0.106. The first-order valence-corrected chi connectivity index (χ1v) is 9.51. The number of rotatable bonds is 5.